The Balaban J connectivity index is 2.10. The van der Waals surface area contributed by atoms with Crippen molar-refractivity contribution in [1.82, 2.24) is 0 Å². The molecular weight excluding hydrogens is 320 g/mol. The molecular formula is C15H16N2O5S. The Hall–Kier alpha value is -2.58. The standard InChI is InChI=1S/C15H16N2O5S/c1-21-14-8-7-12(23(16,19)20)9-13(14)17-15(18)22-10-11-5-3-2-4-6-11/h2-9H,10H2,1H3,(H,17,18)(H2,16,19,20). The molecule has 0 atom stereocenters. The smallest absolute Gasteiger partial charge is 0.412 e. The van der Waals surface area contributed by atoms with Gasteiger partial charge in [-0.1, -0.05) is 30.3 Å². The summed E-state index contributed by atoms with van der Waals surface area (Å²) < 4.78 is 32.9. The first-order valence-corrected chi connectivity index (χ1v) is 8.13. The van der Waals surface area contributed by atoms with Crippen LogP contribution in [0.4, 0.5) is 10.5 Å². The normalized spacial score (nSPS) is 10.9. The lowest BCUT2D eigenvalue weighted by molar-refractivity contribution is 0.155. The van der Waals surface area contributed by atoms with Gasteiger partial charge in [-0.05, 0) is 23.8 Å². The highest BCUT2D eigenvalue weighted by molar-refractivity contribution is 7.89. The van der Waals surface area contributed by atoms with Crippen LogP contribution in [-0.2, 0) is 21.4 Å². The number of nitrogens with two attached hydrogens (primary N) is 1. The molecule has 0 aliphatic heterocycles. The molecule has 0 radical (unpaired) electrons. The van der Waals surface area contributed by atoms with Crippen LogP contribution in [0, 0.1) is 0 Å². The van der Waals surface area contributed by atoms with Crippen LogP contribution in [0.15, 0.2) is 53.4 Å². The first-order valence-electron chi connectivity index (χ1n) is 6.58. The second-order valence-electron chi connectivity index (χ2n) is 4.59. The molecule has 2 rings (SSSR count). The van der Waals surface area contributed by atoms with Crippen LogP contribution < -0.4 is 15.2 Å². The molecule has 0 aromatic heterocycles. The molecule has 8 heteroatoms. The van der Waals surface area contributed by atoms with E-state index in [1.807, 2.05) is 30.3 Å². The molecule has 0 saturated carbocycles. The van der Waals surface area contributed by atoms with Gasteiger partial charge in [0.15, 0.2) is 0 Å². The minimum Gasteiger partial charge on any atom is -0.495 e. The highest BCUT2D eigenvalue weighted by Crippen LogP contribution is 2.27. The lowest BCUT2D eigenvalue weighted by atomic mass is 10.2. The summed E-state index contributed by atoms with van der Waals surface area (Å²) >= 11 is 0. The maximum atomic E-state index is 11.8. The summed E-state index contributed by atoms with van der Waals surface area (Å²) in [5.74, 6) is 0.286. The summed E-state index contributed by atoms with van der Waals surface area (Å²) in [6.45, 7) is 0.0872. The quantitative estimate of drug-likeness (QED) is 0.869. The zero-order chi connectivity index (χ0) is 16.9. The van der Waals surface area contributed by atoms with Gasteiger partial charge in [0.05, 0.1) is 17.7 Å². The van der Waals surface area contributed by atoms with Crippen molar-refractivity contribution >= 4 is 21.8 Å². The van der Waals surface area contributed by atoms with E-state index < -0.39 is 16.1 Å². The van der Waals surface area contributed by atoms with Gasteiger partial charge < -0.3 is 9.47 Å². The van der Waals surface area contributed by atoms with Gasteiger partial charge in [0, 0.05) is 0 Å². The molecule has 0 fully saturated rings. The van der Waals surface area contributed by atoms with Crippen molar-refractivity contribution in [3.63, 3.8) is 0 Å². The molecule has 0 bridgehead atoms. The largest absolute Gasteiger partial charge is 0.495 e. The van der Waals surface area contributed by atoms with Crippen LogP contribution in [0.25, 0.3) is 0 Å². The highest BCUT2D eigenvalue weighted by Gasteiger charge is 2.14. The van der Waals surface area contributed by atoms with Gasteiger partial charge in [-0.25, -0.2) is 18.4 Å². The average Bonchev–Trinajstić information content (AvgIpc) is 2.53. The number of primary sulfonamides is 1. The number of carbonyl (C=O) groups is 1. The van der Waals surface area contributed by atoms with Gasteiger partial charge in [-0.2, -0.15) is 0 Å². The third-order valence-corrected chi connectivity index (χ3v) is 3.86. The molecule has 122 valence electrons. The first-order chi connectivity index (χ1) is 10.9. The molecule has 2 aromatic rings. The van der Waals surface area contributed by atoms with Crippen LogP contribution in [0.3, 0.4) is 0 Å². The van der Waals surface area contributed by atoms with Crippen molar-refractivity contribution in [3.05, 3.63) is 54.1 Å². The Labute approximate surface area is 134 Å². The van der Waals surface area contributed by atoms with Crippen LogP contribution >= 0.6 is 0 Å². The van der Waals surface area contributed by atoms with E-state index in [2.05, 4.69) is 5.32 Å². The van der Waals surface area contributed by atoms with Gasteiger partial charge in [-0.15, -0.1) is 0 Å². The second-order valence-corrected chi connectivity index (χ2v) is 6.16. The molecule has 23 heavy (non-hydrogen) atoms. The number of methoxy groups -OCH3 is 1. The van der Waals surface area contributed by atoms with Gasteiger partial charge >= 0.3 is 6.09 Å². The van der Waals surface area contributed by atoms with Crippen molar-refractivity contribution in [2.75, 3.05) is 12.4 Å². The monoisotopic (exact) mass is 336 g/mol. The van der Waals surface area contributed by atoms with E-state index in [1.54, 1.807) is 0 Å². The zero-order valence-corrected chi connectivity index (χ0v) is 13.2. The fourth-order valence-corrected chi connectivity index (χ4v) is 2.37. The number of benzene rings is 2. The van der Waals surface area contributed by atoms with Gasteiger partial charge in [-0.3, -0.25) is 5.32 Å². The maximum absolute atomic E-state index is 11.8. The molecule has 0 aliphatic rings. The lowest BCUT2D eigenvalue weighted by Gasteiger charge is -2.12. The van der Waals surface area contributed by atoms with Crippen molar-refractivity contribution in [1.29, 1.82) is 0 Å². The predicted molar refractivity (Wildman–Crippen MR) is 84.6 cm³/mol. The van der Waals surface area contributed by atoms with Crippen LogP contribution in [0.2, 0.25) is 0 Å². The summed E-state index contributed by atoms with van der Waals surface area (Å²) in [5, 5.41) is 7.51. The molecule has 0 spiro atoms. The predicted octanol–water partition coefficient (Wildman–Crippen LogP) is 2.09. The molecule has 2 aromatic carbocycles. The SMILES string of the molecule is COc1ccc(S(N)(=O)=O)cc1NC(=O)OCc1ccccc1. The maximum Gasteiger partial charge on any atom is 0.412 e. The van der Waals surface area contributed by atoms with Crippen LogP contribution in [-0.4, -0.2) is 21.6 Å². The number of ether oxygens (including phenoxy) is 2. The molecule has 3 N–H and O–H groups in total. The van der Waals surface area contributed by atoms with E-state index in [9.17, 15) is 13.2 Å². The summed E-state index contributed by atoms with van der Waals surface area (Å²) in [6, 6.07) is 13.0. The number of amides is 1. The minimum atomic E-state index is -3.89. The topological polar surface area (TPSA) is 108 Å². The number of carbonyl (C=O) groups excluding carboxylic acids is 1. The van der Waals surface area contributed by atoms with Crippen molar-refractivity contribution in [2.24, 2.45) is 5.14 Å². The van der Waals surface area contributed by atoms with Crippen molar-refractivity contribution in [2.45, 2.75) is 11.5 Å². The van der Waals surface area contributed by atoms with E-state index >= 15 is 0 Å². The van der Waals surface area contributed by atoms with Gasteiger partial charge in [0.25, 0.3) is 0 Å². The Bertz CT molecular complexity index is 791. The van der Waals surface area contributed by atoms with Crippen LogP contribution in [0.1, 0.15) is 5.56 Å². The average molecular weight is 336 g/mol. The minimum absolute atomic E-state index is 0.0872. The number of rotatable bonds is 5. The summed E-state index contributed by atoms with van der Waals surface area (Å²) in [4.78, 5) is 11.7. The summed E-state index contributed by atoms with van der Waals surface area (Å²) in [7, 11) is -2.49. The Kier molecular flexibility index (Phi) is 5.20. The van der Waals surface area contributed by atoms with E-state index in [4.69, 9.17) is 14.6 Å². The third kappa shape index (κ3) is 4.70. The lowest BCUT2D eigenvalue weighted by Crippen LogP contribution is -2.16. The molecule has 1 amide bonds. The molecule has 0 aliphatic carbocycles. The first kappa shape index (κ1) is 16.8. The van der Waals surface area contributed by atoms with E-state index in [0.717, 1.165) is 5.56 Å². The van der Waals surface area contributed by atoms with E-state index in [-0.39, 0.29) is 22.9 Å². The Morgan fingerprint density at radius 1 is 1.17 bits per heavy atom. The van der Waals surface area contributed by atoms with Crippen molar-refractivity contribution < 1.29 is 22.7 Å². The Morgan fingerprint density at radius 2 is 1.87 bits per heavy atom. The Morgan fingerprint density at radius 3 is 2.48 bits per heavy atom. The third-order valence-electron chi connectivity index (χ3n) is 2.95. The fraction of sp³-hybridized carbons (Fsp3) is 0.133. The fourth-order valence-electron chi connectivity index (χ4n) is 1.83. The highest BCUT2D eigenvalue weighted by atomic mass is 32.2. The van der Waals surface area contributed by atoms with E-state index in [0.29, 0.717) is 0 Å². The second kappa shape index (κ2) is 7.12. The molecule has 0 heterocycles. The summed E-state index contributed by atoms with van der Waals surface area (Å²) in [6.07, 6.45) is -0.737. The number of hydrogen-bond donors (Lipinski definition) is 2. The molecule has 0 unspecified atom stereocenters. The van der Waals surface area contributed by atoms with Gasteiger partial charge in [0.1, 0.15) is 12.4 Å². The number of nitrogens with one attached hydrogen (secondary N) is 1. The number of sulfonamides is 1. The number of anilines is 1. The number of hydrogen-bond acceptors (Lipinski definition) is 5. The molecule has 7 nitrogen and oxygen atoms in total. The van der Waals surface area contributed by atoms with Crippen LogP contribution in [0.5, 0.6) is 5.75 Å². The summed E-state index contributed by atoms with van der Waals surface area (Å²) in [5.41, 5.74) is 0.977. The molecule has 0 saturated heterocycles. The zero-order valence-electron chi connectivity index (χ0n) is 12.4. The van der Waals surface area contributed by atoms with E-state index in [1.165, 1.54) is 25.3 Å². The van der Waals surface area contributed by atoms with Gasteiger partial charge in [0.2, 0.25) is 10.0 Å². The van der Waals surface area contributed by atoms with Crippen molar-refractivity contribution in [3.8, 4) is 5.75 Å².